The van der Waals surface area contributed by atoms with Gasteiger partial charge in [0.1, 0.15) is 5.76 Å². The Bertz CT molecular complexity index is 570. The number of aromatic amines is 1. The third kappa shape index (κ3) is 1.11. The summed E-state index contributed by atoms with van der Waals surface area (Å²) in [6, 6.07) is 6.23. The van der Waals surface area contributed by atoms with Gasteiger partial charge in [-0.15, -0.1) is 0 Å². The summed E-state index contributed by atoms with van der Waals surface area (Å²) in [4.78, 5) is 3.53. The van der Waals surface area contributed by atoms with Crippen LogP contribution in [0.15, 0.2) is 27.1 Å². The average Bonchev–Trinajstić information content (AvgIpc) is 2.62. The fraction of sp³-hybridized carbons (Fsp3) is 0.100. The van der Waals surface area contributed by atoms with Crippen molar-refractivity contribution < 1.29 is 4.42 Å². The van der Waals surface area contributed by atoms with Crippen LogP contribution >= 0.6 is 28.1 Å². The van der Waals surface area contributed by atoms with Crippen molar-refractivity contribution in [1.82, 2.24) is 4.98 Å². The molecule has 2 aromatic rings. The Morgan fingerprint density at radius 3 is 3.14 bits per heavy atom. The molecule has 0 saturated carbocycles. The molecule has 2 nitrogen and oxygen atoms in total. The lowest BCUT2D eigenvalue weighted by atomic mass is 10.1. The molecule has 1 aromatic carbocycles. The fourth-order valence-corrected chi connectivity index (χ4v) is 2.37. The summed E-state index contributed by atoms with van der Waals surface area (Å²) < 4.78 is 6.47. The van der Waals surface area contributed by atoms with Crippen molar-refractivity contribution >= 4 is 28.1 Å². The van der Waals surface area contributed by atoms with Gasteiger partial charge in [-0.1, -0.05) is 22.0 Å². The quantitative estimate of drug-likeness (QED) is 0.630. The van der Waals surface area contributed by atoms with Gasteiger partial charge in [-0.25, -0.2) is 0 Å². The zero-order valence-electron chi connectivity index (χ0n) is 7.13. The van der Waals surface area contributed by atoms with Crippen LogP contribution in [0.5, 0.6) is 0 Å². The van der Waals surface area contributed by atoms with E-state index < -0.39 is 0 Å². The van der Waals surface area contributed by atoms with Crippen LogP contribution in [0, 0.1) is 4.84 Å². The number of hydrogen-bond acceptors (Lipinski definition) is 2. The number of fused-ring (bicyclic) bond motifs is 3. The van der Waals surface area contributed by atoms with Crippen LogP contribution < -0.4 is 0 Å². The second-order valence-electron chi connectivity index (χ2n) is 3.29. The SMILES string of the molecule is S=c1[nH]c2c(o1)Cc1ccc(Br)cc1-2. The molecule has 4 heteroatoms. The van der Waals surface area contributed by atoms with E-state index in [1.807, 2.05) is 6.07 Å². The van der Waals surface area contributed by atoms with Crippen molar-refractivity contribution in [1.29, 1.82) is 0 Å². The molecule has 1 N–H and O–H groups in total. The molecule has 0 radical (unpaired) electrons. The van der Waals surface area contributed by atoms with E-state index in [0.717, 1.165) is 22.3 Å². The molecule has 1 aliphatic rings. The number of aromatic nitrogens is 1. The Balaban J connectivity index is 2.33. The van der Waals surface area contributed by atoms with Gasteiger partial charge in [0.05, 0.1) is 5.69 Å². The Hall–Kier alpha value is -0.870. The first-order valence-electron chi connectivity index (χ1n) is 4.25. The van der Waals surface area contributed by atoms with Crippen molar-refractivity contribution in [3.63, 3.8) is 0 Å². The van der Waals surface area contributed by atoms with E-state index in [1.54, 1.807) is 0 Å². The van der Waals surface area contributed by atoms with Crippen molar-refractivity contribution in [2.24, 2.45) is 0 Å². The lowest BCUT2D eigenvalue weighted by Crippen LogP contribution is -1.80. The number of rotatable bonds is 0. The Kier molecular flexibility index (Phi) is 1.69. The standard InChI is InChI=1S/C10H6BrNOS/c11-6-2-1-5-3-8-9(7(5)4-6)12-10(14)13-8/h1-2,4H,3H2,(H,12,14). The summed E-state index contributed by atoms with van der Waals surface area (Å²) in [5.74, 6) is 0.947. The van der Waals surface area contributed by atoms with Gasteiger partial charge in [-0.2, -0.15) is 0 Å². The lowest BCUT2D eigenvalue weighted by molar-refractivity contribution is 0.502. The monoisotopic (exact) mass is 267 g/mol. The zero-order valence-corrected chi connectivity index (χ0v) is 9.54. The van der Waals surface area contributed by atoms with Crippen LogP contribution in [0.2, 0.25) is 0 Å². The molecule has 0 saturated heterocycles. The van der Waals surface area contributed by atoms with E-state index in [-0.39, 0.29) is 0 Å². The highest BCUT2D eigenvalue weighted by Gasteiger charge is 2.22. The number of hydrogen-bond donors (Lipinski definition) is 1. The Labute approximate surface area is 94.1 Å². The predicted octanol–water partition coefficient (Wildman–Crippen LogP) is 3.67. The summed E-state index contributed by atoms with van der Waals surface area (Å²) in [6.07, 6.45) is 0.838. The molecule has 0 aliphatic heterocycles. The molecule has 0 fully saturated rings. The highest BCUT2D eigenvalue weighted by Crippen LogP contribution is 2.37. The summed E-state index contributed by atoms with van der Waals surface area (Å²) in [7, 11) is 0. The van der Waals surface area contributed by atoms with E-state index in [0.29, 0.717) is 4.84 Å². The molecule has 0 spiro atoms. The molecule has 14 heavy (non-hydrogen) atoms. The summed E-state index contributed by atoms with van der Waals surface area (Å²) >= 11 is 8.40. The number of halogens is 1. The van der Waals surface area contributed by atoms with Crippen molar-refractivity contribution in [2.45, 2.75) is 6.42 Å². The topological polar surface area (TPSA) is 28.9 Å². The van der Waals surface area contributed by atoms with E-state index in [9.17, 15) is 0 Å². The maximum atomic E-state index is 5.39. The number of H-pyrrole nitrogens is 1. The molecule has 70 valence electrons. The third-order valence-electron chi connectivity index (χ3n) is 2.41. The van der Waals surface area contributed by atoms with Crippen LogP contribution in [0.3, 0.4) is 0 Å². The van der Waals surface area contributed by atoms with E-state index in [1.165, 1.54) is 11.1 Å². The third-order valence-corrected chi connectivity index (χ3v) is 3.09. The molecule has 0 amide bonds. The summed E-state index contributed by atoms with van der Waals surface area (Å²) in [5.41, 5.74) is 3.51. The van der Waals surface area contributed by atoms with Crippen molar-refractivity contribution in [3.05, 3.63) is 38.8 Å². The van der Waals surface area contributed by atoms with E-state index in [2.05, 4.69) is 33.0 Å². The summed E-state index contributed by atoms with van der Waals surface area (Å²) in [5, 5.41) is 0. The maximum Gasteiger partial charge on any atom is 0.266 e. The predicted molar refractivity (Wildman–Crippen MR) is 59.8 cm³/mol. The van der Waals surface area contributed by atoms with E-state index in [4.69, 9.17) is 16.6 Å². The van der Waals surface area contributed by atoms with Gasteiger partial charge in [0.2, 0.25) is 0 Å². The molecular formula is C10H6BrNOS. The van der Waals surface area contributed by atoms with Gasteiger partial charge >= 0.3 is 0 Å². The van der Waals surface area contributed by atoms with Gasteiger partial charge in [-0.3, -0.25) is 0 Å². The largest absolute Gasteiger partial charge is 0.434 e. The Morgan fingerprint density at radius 2 is 2.29 bits per heavy atom. The smallest absolute Gasteiger partial charge is 0.266 e. The van der Waals surface area contributed by atoms with Gasteiger partial charge in [0.15, 0.2) is 0 Å². The van der Waals surface area contributed by atoms with Crippen LogP contribution in [0.1, 0.15) is 11.3 Å². The average molecular weight is 268 g/mol. The minimum Gasteiger partial charge on any atom is -0.434 e. The fourth-order valence-electron chi connectivity index (χ4n) is 1.81. The minimum absolute atomic E-state index is 0.459. The summed E-state index contributed by atoms with van der Waals surface area (Å²) in [6.45, 7) is 0. The first-order valence-corrected chi connectivity index (χ1v) is 5.45. The van der Waals surface area contributed by atoms with Gasteiger partial charge < -0.3 is 9.40 Å². The first-order chi connectivity index (χ1) is 6.74. The molecule has 1 heterocycles. The molecule has 0 atom stereocenters. The normalized spacial score (nSPS) is 12.6. The van der Waals surface area contributed by atoms with Crippen molar-refractivity contribution in [3.8, 4) is 11.3 Å². The number of benzene rings is 1. The van der Waals surface area contributed by atoms with Crippen LogP contribution in [-0.2, 0) is 6.42 Å². The zero-order chi connectivity index (χ0) is 9.71. The second-order valence-corrected chi connectivity index (χ2v) is 4.58. The van der Waals surface area contributed by atoms with Gasteiger partial charge in [0.25, 0.3) is 4.84 Å². The maximum absolute atomic E-state index is 5.39. The molecular weight excluding hydrogens is 262 g/mol. The highest BCUT2D eigenvalue weighted by atomic mass is 79.9. The van der Waals surface area contributed by atoms with Crippen LogP contribution in [0.4, 0.5) is 0 Å². The molecule has 0 unspecified atom stereocenters. The molecule has 1 aliphatic carbocycles. The lowest BCUT2D eigenvalue weighted by Gasteiger charge is -1.98. The number of nitrogens with one attached hydrogen (secondary N) is 1. The van der Waals surface area contributed by atoms with Crippen LogP contribution in [-0.4, -0.2) is 4.98 Å². The van der Waals surface area contributed by atoms with Gasteiger partial charge in [0, 0.05) is 16.5 Å². The molecule has 0 bridgehead atoms. The Morgan fingerprint density at radius 1 is 1.43 bits per heavy atom. The second kappa shape index (κ2) is 2.81. The molecule has 1 aromatic heterocycles. The molecule has 3 rings (SSSR count). The van der Waals surface area contributed by atoms with Gasteiger partial charge in [-0.05, 0) is 29.9 Å². The van der Waals surface area contributed by atoms with Crippen LogP contribution in [0.25, 0.3) is 11.3 Å². The van der Waals surface area contributed by atoms with Crippen molar-refractivity contribution in [2.75, 3.05) is 0 Å². The highest BCUT2D eigenvalue weighted by molar-refractivity contribution is 9.10. The van der Waals surface area contributed by atoms with E-state index >= 15 is 0 Å². The minimum atomic E-state index is 0.459. The number of oxazole rings is 1. The first kappa shape index (κ1) is 8.44.